The van der Waals surface area contributed by atoms with Gasteiger partial charge in [-0.3, -0.25) is 14.5 Å². The first-order chi connectivity index (χ1) is 17.7. The van der Waals surface area contributed by atoms with Gasteiger partial charge in [-0.25, -0.2) is 0 Å². The van der Waals surface area contributed by atoms with E-state index in [1.807, 2.05) is 24.3 Å². The van der Waals surface area contributed by atoms with Crippen LogP contribution in [0.25, 0.3) is 0 Å². The van der Waals surface area contributed by atoms with Crippen molar-refractivity contribution in [2.45, 2.75) is 44.6 Å². The SMILES string of the molecule is O=C(CCCCN1CCN(c2ccc3c(c2)OCO3)CC1)c1ccc2c(c1)NC(=O)C1CCCCN21. The molecular weight excluding hydrogens is 456 g/mol. The average Bonchev–Trinajstić information content (AvgIpc) is 3.39. The summed E-state index contributed by atoms with van der Waals surface area (Å²) >= 11 is 0. The Morgan fingerprint density at radius 2 is 1.81 bits per heavy atom. The molecule has 0 spiro atoms. The standard InChI is InChI=1S/C28H34N4O4/c33-25(20-7-9-23-22(17-20)29-28(34)24-5-1-4-12-32(23)24)6-2-3-11-30-13-15-31(16-14-30)21-8-10-26-27(18-21)36-19-35-26/h7-10,17-18,24H,1-6,11-16,19H2,(H,29,34). The molecule has 4 aliphatic rings. The number of nitrogens with zero attached hydrogens (tertiary/aromatic N) is 3. The number of piperazine rings is 1. The van der Waals surface area contributed by atoms with E-state index in [1.54, 1.807) is 0 Å². The lowest BCUT2D eigenvalue weighted by Gasteiger charge is -2.41. The Kier molecular flexibility index (Phi) is 6.44. The monoisotopic (exact) mass is 490 g/mol. The maximum absolute atomic E-state index is 12.9. The van der Waals surface area contributed by atoms with Gasteiger partial charge < -0.3 is 24.6 Å². The topological polar surface area (TPSA) is 74.4 Å². The van der Waals surface area contributed by atoms with Crippen molar-refractivity contribution in [3.8, 4) is 11.5 Å². The summed E-state index contributed by atoms with van der Waals surface area (Å²) in [5.74, 6) is 1.87. The first-order valence-electron chi connectivity index (χ1n) is 13.3. The number of hydrogen-bond donors (Lipinski definition) is 1. The average molecular weight is 491 g/mol. The normalized spacial score (nSPS) is 21.1. The first kappa shape index (κ1) is 23.2. The Hall–Kier alpha value is -3.26. The van der Waals surface area contributed by atoms with Gasteiger partial charge in [0.25, 0.3) is 0 Å². The number of benzene rings is 2. The highest BCUT2D eigenvalue weighted by Crippen LogP contribution is 2.37. The number of carbonyl (C=O) groups excluding carboxylic acids is 2. The van der Waals surface area contributed by atoms with E-state index in [1.165, 1.54) is 5.69 Å². The highest BCUT2D eigenvalue weighted by molar-refractivity contribution is 6.06. The Bertz CT molecular complexity index is 1140. The maximum atomic E-state index is 12.9. The highest BCUT2D eigenvalue weighted by atomic mass is 16.7. The molecule has 190 valence electrons. The highest BCUT2D eigenvalue weighted by Gasteiger charge is 2.34. The van der Waals surface area contributed by atoms with Crippen LogP contribution in [0, 0.1) is 0 Å². The summed E-state index contributed by atoms with van der Waals surface area (Å²) in [5, 5.41) is 3.04. The molecule has 2 fully saturated rings. The van der Waals surface area contributed by atoms with Crippen molar-refractivity contribution in [2.75, 3.05) is 61.2 Å². The summed E-state index contributed by atoms with van der Waals surface area (Å²) in [5.41, 5.74) is 3.71. The zero-order chi connectivity index (χ0) is 24.5. The molecule has 4 aliphatic heterocycles. The molecule has 0 saturated carbocycles. The second-order valence-electron chi connectivity index (χ2n) is 10.2. The van der Waals surface area contributed by atoms with Crippen molar-refractivity contribution in [1.29, 1.82) is 0 Å². The van der Waals surface area contributed by atoms with E-state index in [-0.39, 0.29) is 17.7 Å². The molecular formula is C28H34N4O4. The van der Waals surface area contributed by atoms with Crippen LogP contribution in [0.3, 0.4) is 0 Å². The summed E-state index contributed by atoms with van der Waals surface area (Å²) in [6, 6.07) is 11.9. The third kappa shape index (κ3) is 4.62. The van der Waals surface area contributed by atoms with Gasteiger partial charge in [-0.05, 0) is 69.0 Å². The van der Waals surface area contributed by atoms with E-state index in [0.29, 0.717) is 18.8 Å². The van der Waals surface area contributed by atoms with Crippen molar-refractivity contribution in [2.24, 2.45) is 0 Å². The van der Waals surface area contributed by atoms with Gasteiger partial charge in [0, 0.05) is 56.5 Å². The van der Waals surface area contributed by atoms with Crippen LogP contribution in [-0.4, -0.2) is 68.7 Å². The fraction of sp³-hybridized carbons (Fsp3) is 0.500. The molecule has 36 heavy (non-hydrogen) atoms. The number of rotatable bonds is 7. The molecule has 2 aromatic carbocycles. The molecule has 1 amide bonds. The molecule has 1 unspecified atom stereocenters. The molecule has 8 nitrogen and oxygen atoms in total. The van der Waals surface area contributed by atoms with Crippen molar-refractivity contribution < 1.29 is 19.1 Å². The van der Waals surface area contributed by atoms with Gasteiger partial charge in [0.15, 0.2) is 17.3 Å². The summed E-state index contributed by atoms with van der Waals surface area (Å²) in [4.78, 5) is 32.5. The van der Waals surface area contributed by atoms with E-state index >= 15 is 0 Å². The number of nitrogens with one attached hydrogen (secondary N) is 1. The van der Waals surface area contributed by atoms with Gasteiger partial charge >= 0.3 is 0 Å². The summed E-state index contributed by atoms with van der Waals surface area (Å²) in [7, 11) is 0. The third-order valence-electron chi connectivity index (χ3n) is 7.91. The molecule has 1 atom stereocenters. The van der Waals surface area contributed by atoms with Gasteiger partial charge in [-0.15, -0.1) is 0 Å². The second kappa shape index (κ2) is 10.0. The zero-order valence-corrected chi connectivity index (χ0v) is 20.7. The number of hydrogen-bond acceptors (Lipinski definition) is 7. The van der Waals surface area contributed by atoms with Gasteiger partial charge in [-0.2, -0.15) is 0 Å². The number of ketones is 1. The van der Waals surface area contributed by atoms with Gasteiger partial charge in [0.2, 0.25) is 12.7 Å². The van der Waals surface area contributed by atoms with E-state index in [4.69, 9.17) is 9.47 Å². The van der Waals surface area contributed by atoms with Crippen LogP contribution in [0.1, 0.15) is 48.9 Å². The van der Waals surface area contributed by atoms with E-state index < -0.39 is 0 Å². The Morgan fingerprint density at radius 3 is 2.69 bits per heavy atom. The number of anilines is 3. The minimum absolute atomic E-state index is 0.0606. The van der Waals surface area contributed by atoms with Crippen LogP contribution >= 0.6 is 0 Å². The fourth-order valence-electron chi connectivity index (χ4n) is 5.85. The van der Waals surface area contributed by atoms with E-state index in [2.05, 4.69) is 32.1 Å². The maximum Gasteiger partial charge on any atom is 0.247 e. The zero-order valence-electron chi connectivity index (χ0n) is 20.7. The Morgan fingerprint density at radius 1 is 0.944 bits per heavy atom. The minimum atomic E-state index is -0.0633. The summed E-state index contributed by atoms with van der Waals surface area (Å²) in [6.45, 7) is 6.22. The molecule has 1 N–H and O–H groups in total. The number of unbranched alkanes of at least 4 members (excludes halogenated alkanes) is 1. The smallest absolute Gasteiger partial charge is 0.247 e. The molecule has 0 radical (unpaired) electrons. The molecule has 2 aromatic rings. The molecule has 0 aromatic heterocycles. The van der Waals surface area contributed by atoms with Crippen LogP contribution in [-0.2, 0) is 4.79 Å². The van der Waals surface area contributed by atoms with E-state index in [9.17, 15) is 9.59 Å². The van der Waals surface area contributed by atoms with E-state index in [0.717, 1.165) is 94.2 Å². The molecule has 0 aliphatic carbocycles. The number of piperidine rings is 1. The van der Waals surface area contributed by atoms with Crippen LogP contribution in [0.4, 0.5) is 17.1 Å². The number of carbonyl (C=O) groups is 2. The van der Waals surface area contributed by atoms with Gasteiger partial charge in [0.1, 0.15) is 6.04 Å². The van der Waals surface area contributed by atoms with Crippen LogP contribution < -0.4 is 24.6 Å². The quantitative estimate of drug-likeness (QED) is 0.466. The molecule has 0 bridgehead atoms. The number of amides is 1. The molecule has 6 rings (SSSR count). The van der Waals surface area contributed by atoms with Crippen LogP contribution in [0.5, 0.6) is 11.5 Å². The Balaban J connectivity index is 0.956. The summed E-state index contributed by atoms with van der Waals surface area (Å²) < 4.78 is 10.9. The van der Waals surface area contributed by atoms with Crippen molar-refractivity contribution in [1.82, 2.24) is 4.90 Å². The number of Topliss-reactive ketones (excluding diaryl/α,β-unsaturated/α-hetero) is 1. The predicted molar refractivity (Wildman–Crippen MR) is 139 cm³/mol. The lowest BCUT2D eigenvalue weighted by atomic mass is 9.96. The van der Waals surface area contributed by atoms with Crippen LogP contribution in [0.2, 0.25) is 0 Å². The van der Waals surface area contributed by atoms with Crippen LogP contribution in [0.15, 0.2) is 36.4 Å². The number of ether oxygens (including phenoxy) is 2. The first-order valence-corrected chi connectivity index (χ1v) is 13.3. The fourth-order valence-corrected chi connectivity index (χ4v) is 5.85. The third-order valence-corrected chi connectivity index (χ3v) is 7.91. The van der Waals surface area contributed by atoms with Crippen molar-refractivity contribution in [3.05, 3.63) is 42.0 Å². The summed E-state index contributed by atoms with van der Waals surface area (Å²) in [6.07, 6.45) is 5.52. The lowest BCUT2D eigenvalue weighted by molar-refractivity contribution is -0.118. The molecule has 2 saturated heterocycles. The van der Waals surface area contributed by atoms with Crippen molar-refractivity contribution >= 4 is 28.8 Å². The predicted octanol–water partition coefficient (Wildman–Crippen LogP) is 3.90. The van der Waals surface area contributed by atoms with Gasteiger partial charge in [-0.1, -0.05) is 0 Å². The number of fused-ring (bicyclic) bond motifs is 4. The lowest BCUT2D eigenvalue weighted by Crippen LogP contribution is -2.50. The minimum Gasteiger partial charge on any atom is -0.454 e. The second-order valence-corrected chi connectivity index (χ2v) is 10.2. The Labute approximate surface area is 212 Å². The molecule has 4 heterocycles. The van der Waals surface area contributed by atoms with Crippen molar-refractivity contribution in [3.63, 3.8) is 0 Å². The molecule has 8 heteroatoms. The van der Waals surface area contributed by atoms with Gasteiger partial charge in [0.05, 0.1) is 11.4 Å². The largest absolute Gasteiger partial charge is 0.454 e.